The summed E-state index contributed by atoms with van der Waals surface area (Å²) in [5.41, 5.74) is 0.996. The van der Waals surface area contributed by atoms with Gasteiger partial charge >= 0.3 is 7.47 Å². The van der Waals surface area contributed by atoms with E-state index in [1.807, 2.05) is 24.3 Å². The summed E-state index contributed by atoms with van der Waals surface area (Å²) >= 11 is 5.81. The highest BCUT2D eigenvalue weighted by Gasteiger charge is 2.20. The van der Waals surface area contributed by atoms with Crippen molar-refractivity contribution in [1.29, 1.82) is 0 Å². The molecular weight excluding hydrogens is 284 g/mol. The van der Waals surface area contributed by atoms with Gasteiger partial charge in [-0.2, -0.15) is 0 Å². The quantitative estimate of drug-likeness (QED) is 0.650. The van der Waals surface area contributed by atoms with Crippen molar-refractivity contribution in [1.82, 2.24) is 0 Å². The van der Waals surface area contributed by atoms with Crippen LogP contribution in [0.3, 0.4) is 0 Å². The highest BCUT2D eigenvalue weighted by molar-refractivity contribution is 6.35. The van der Waals surface area contributed by atoms with Gasteiger partial charge in [-0.05, 0) is 29.8 Å². The predicted molar refractivity (Wildman–Crippen MR) is 77.0 cm³/mol. The molecule has 1 aliphatic carbocycles. The summed E-state index contributed by atoms with van der Waals surface area (Å²) in [7, 11) is -2.97. The first-order valence-corrected chi connectivity index (χ1v) is 6.14. The van der Waals surface area contributed by atoms with Crippen LogP contribution in [0.1, 0.15) is 5.56 Å². The van der Waals surface area contributed by atoms with Gasteiger partial charge in [-0.15, -0.1) is 0 Å². The van der Waals surface area contributed by atoms with Gasteiger partial charge in [0.05, 0.1) is 5.56 Å². The van der Waals surface area contributed by atoms with Crippen LogP contribution < -0.4 is 4.65 Å². The van der Waals surface area contributed by atoms with E-state index < -0.39 is 7.47 Å². The van der Waals surface area contributed by atoms with Crippen molar-refractivity contribution in [2.24, 2.45) is 0 Å². The Balaban J connectivity index is 2.32. The smallest absolute Gasteiger partial charge is 0.507 e. The van der Waals surface area contributed by atoms with Crippen LogP contribution in [0.15, 0.2) is 60.2 Å². The van der Waals surface area contributed by atoms with Crippen LogP contribution in [0.25, 0.3) is 5.76 Å². The lowest BCUT2D eigenvalue weighted by Crippen LogP contribution is -2.09. The van der Waals surface area contributed by atoms with E-state index in [1.54, 1.807) is 6.08 Å². The standard InChI is InChI=1S/C14H10BClF2O2/c16-11-6-8-14(20-15(17)18)12(9-11)13(19)7-5-10-3-1-2-4-10/h1-9,19H/b13-7-. The molecule has 0 aromatic heterocycles. The third-order valence-electron chi connectivity index (χ3n) is 2.56. The van der Waals surface area contributed by atoms with Crippen LogP contribution in [0, 0.1) is 0 Å². The van der Waals surface area contributed by atoms with Crippen molar-refractivity contribution >= 4 is 24.8 Å². The second kappa shape index (κ2) is 6.43. The molecule has 20 heavy (non-hydrogen) atoms. The first-order valence-electron chi connectivity index (χ1n) is 5.76. The summed E-state index contributed by atoms with van der Waals surface area (Å²) in [5.74, 6) is -0.335. The molecule has 1 aromatic rings. The fraction of sp³-hybridized carbons (Fsp3) is 0. The molecule has 0 radical (unpaired) electrons. The summed E-state index contributed by atoms with van der Waals surface area (Å²) < 4.78 is 29.0. The number of aliphatic hydroxyl groups is 1. The topological polar surface area (TPSA) is 29.5 Å². The van der Waals surface area contributed by atoms with Gasteiger partial charge in [0.1, 0.15) is 11.5 Å². The molecule has 102 valence electrons. The summed E-state index contributed by atoms with van der Waals surface area (Å²) in [4.78, 5) is 0. The molecular formula is C14H10BClF2O2. The molecule has 1 N–H and O–H groups in total. The average molecular weight is 294 g/mol. The van der Waals surface area contributed by atoms with Gasteiger partial charge in [-0.3, -0.25) is 0 Å². The Morgan fingerprint density at radius 2 is 1.95 bits per heavy atom. The van der Waals surface area contributed by atoms with Gasteiger partial charge < -0.3 is 9.76 Å². The van der Waals surface area contributed by atoms with Crippen molar-refractivity contribution in [3.63, 3.8) is 0 Å². The van der Waals surface area contributed by atoms with E-state index in [2.05, 4.69) is 4.65 Å². The summed E-state index contributed by atoms with van der Waals surface area (Å²) in [6.07, 6.45) is 10.4. The van der Waals surface area contributed by atoms with Gasteiger partial charge in [0.2, 0.25) is 0 Å². The Labute approximate surface area is 120 Å². The monoisotopic (exact) mass is 294 g/mol. The molecule has 1 aliphatic rings. The Kier molecular flexibility index (Phi) is 4.63. The number of benzene rings is 1. The minimum absolute atomic E-state index is 0.112. The second-order valence-corrected chi connectivity index (χ2v) is 4.39. The first-order chi connectivity index (χ1) is 9.56. The van der Waals surface area contributed by atoms with Crippen molar-refractivity contribution in [2.75, 3.05) is 0 Å². The Bertz CT molecular complexity index is 608. The SMILES string of the molecule is O/C(=C\C=C1C=CC=C1)c1cc(Cl)ccc1OB(F)F. The molecule has 2 nitrogen and oxygen atoms in total. The van der Waals surface area contributed by atoms with Crippen molar-refractivity contribution < 1.29 is 18.4 Å². The van der Waals surface area contributed by atoms with E-state index in [0.29, 0.717) is 5.02 Å². The molecule has 0 amide bonds. The molecule has 0 unspecified atom stereocenters. The summed E-state index contributed by atoms with van der Waals surface area (Å²) in [6, 6.07) is 4.07. The number of allylic oxidation sites excluding steroid dienone is 7. The molecule has 0 aliphatic heterocycles. The zero-order chi connectivity index (χ0) is 14.5. The third kappa shape index (κ3) is 3.74. The largest absolute Gasteiger partial charge is 0.796 e. The molecule has 6 heteroatoms. The minimum Gasteiger partial charge on any atom is -0.507 e. The Morgan fingerprint density at radius 3 is 2.60 bits per heavy atom. The fourth-order valence-corrected chi connectivity index (χ4v) is 1.84. The van der Waals surface area contributed by atoms with E-state index in [-0.39, 0.29) is 17.1 Å². The number of hydrogen-bond acceptors (Lipinski definition) is 2. The molecule has 0 atom stereocenters. The molecule has 0 spiro atoms. The Hall–Kier alpha value is -2.01. The van der Waals surface area contributed by atoms with Crippen LogP contribution in [0.5, 0.6) is 5.75 Å². The average Bonchev–Trinajstić information content (AvgIpc) is 2.90. The van der Waals surface area contributed by atoms with E-state index in [9.17, 15) is 13.7 Å². The van der Waals surface area contributed by atoms with Gasteiger partial charge in [-0.25, -0.2) is 8.63 Å². The maximum absolute atomic E-state index is 12.3. The maximum Gasteiger partial charge on any atom is 0.796 e. The van der Waals surface area contributed by atoms with Crippen LogP contribution in [-0.2, 0) is 0 Å². The van der Waals surface area contributed by atoms with E-state index in [4.69, 9.17) is 11.6 Å². The van der Waals surface area contributed by atoms with Gasteiger partial charge in [-0.1, -0.05) is 42.0 Å². The van der Waals surface area contributed by atoms with Gasteiger partial charge in [0, 0.05) is 5.02 Å². The van der Waals surface area contributed by atoms with Gasteiger partial charge in [0.25, 0.3) is 0 Å². The van der Waals surface area contributed by atoms with Crippen molar-refractivity contribution in [2.45, 2.75) is 0 Å². The van der Waals surface area contributed by atoms with E-state index >= 15 is 0 Å². The van der Waals surface area contributed by atoms with Crippen LogP contribution in [0.4, 0.5) is 8.63 Å². The highest BCUT2D eigenvalue weighted by atomic mass is 35.5. The first kappa shape index (κ1) is 14.4. The van der Waals surface area contributed by atoms with Gasteiger partial charge in [0.15, 0.2) is 0 Å². The van der Waals surface area contributed by atoms with Crippen LogP contribution in [-0.4, -0.2) is 12.6 Å². The third-order valence-corrected chi connectivity index (χ3v) is 2.79. The number of rotatable bonds is 4. The molecule has 0 heterocycles. The fourth-order valence-electron chi connectivity index (χ4n) is 1.67. The molecule has 0 saturated heterocycles. The zero-order valence-corrected chi connectivity index (χ0v) is 11.0. The lowest BCUT2D eigenvalue weighted by molar-refractivity contribution is 0.421. The number of aliphatic hydroxyl groups excluding tert-OH is 1. The molecule has 2 rings (SSSR count). The van der Waals surface area contributed by atoms with E-state index in [1.165, 1.54) is 24.3 Å². The van der Waals surface area contributed by atoms with Crippen molar-refractivity contribution in [3.05, 3.63) is 70.8 Å². The summed E-state index contributed by atoms with van der Waals surface area (Å²) in [6.45, 7) is 0. The minimum atomic E-state index is -2.97. The summed E-state index contributed by atoms with van der Waals surface area (Å²) in [5, 5.41) is 10.3. The normalized spacial score (nSPS) is 13.8. The predicted octanol–water partition coefficient (Wildman–Crippen LogP) is 4.59. The lowest BCUT2D eigenvalue weighted by Gasteiger charge is -2.09. The number of halogens is 3. The molecule has 0 fully saturated rings. The maximum atomic E-state index is 12.3. The lowest BCUT2D eigenvalue weighted by atomic mass is 10.1. The second-order valence-electron chi connectivity index (χ2n) is 3.96. The molecule has 0 saturated carbocycles. The van der Waals surface area contributed by atoms with Crippen LogP contribution in [0.2, 0.25) is 5.02 Å². The van der Waals surface area contributed by atoms with E-state index in [0.717, 1.165) is 5.57 Å². The van der Waals surface area contributed by atoms with Crippen LogP contribution >= 0.6 is 11.6 Å². The van der Waals surface area contributed by atoms with Crippen molar-refractivity contribution in [3.8, 4) is 5.75 Å². The molecule has 0 bridgehead atoms. The number of hydrogen-bond donors (Lipinski definition) is 1. The Morgan fingerprint density at radius 1 is 1.25 bits per heavy atom. The zero-order valence-electron chi connectivity index (χ0n) is 10.3. The molecule has 1 aromatic carbocycles. The highest BCUT2D eigenvalue weighted by Crippen LogP contribution is 2.29.